The predicted octanol–water partition coefficient (Wildman–Crippen LogP) is -2.67. The zero-order valence-corrected chi connectivity index (χ0v) is 1.43. The lowest BCUT2D eigenvalue weighted by Crippen LogP contribution is -1.49. The molecule has 0 bridgehead atoms. The maximum Gasteiger partial charge on any atom is 0.290 e. The van der Waals surface area contributed by atoms with Crippen molar-refractivity contribution in [1.29, 1.82) is 0 Å². The molecule has 4 heteroatoms. The summed E-state index contributed by atoms with van der Waals surface area (Å²) < 4.78 is 0. The molecule has 2 nitrogen and oxygen atoms in total. The highest BCUT2D eigenvalue weighted by molar-refractivity contribution is 5.76. The summed E-state index contributed by atoms with van der Waals surface area (Å²) >= 11 is 0. The molecule has 0 amide bonds. The van der Waals surface area contributed by atoms with Crippen molar-refractivity contribution in [1.82, 2.24) is 0 Å². The van der Waals surface area contributed by atoms with Crippen LogP contribution >= 0.6 is 0 Å². The Morgan fingerprint density at radius 3 is 1.40 bits per heavy atom. The van der Waals surface area contributed by atoms with E-state index < -0.39 is 0 Å². The quantitative estimate of drug-likeness (QED) is 0.270. The van der Waals surface area contributed by atoms with E-state index in [0.717, 1.165) is 0 Å². The van der Waals surface area contributed by atoms with Crippen LogP contribution in [0.15, 0.2) is 0 Å². The molecule has 0 heterocycles. The lowest BCUT2D eigenvalue weighted by atomic mass is 11.7. The fourth-order valence-electron chi connectivity index (χ4n) is 0. The van der Waals surface area contributed by atoms with Gasteiger partial charge >= 0.3 is 0 Å². The largest absolute Gasteiger partial charge is 0.483 e. The van der Waals surface area contributed by atoms with Crippen LogP contribution in [-0.4, -0.2) is 46.3 Å². The first-order valence-electron chi connectivity index (χ1n) is 0.494. The Morgan fingerprint density at radius 2 is 1.40 bits per heavy atom. The van der Waals surface area contributed by atoms with E-state index in [0.29, 0.717) is 0 Å². The van der Waals surface area contributed by atoms with Gasteiger partial charge in [-0.15, -0.1) is 0 Å². The highest BCUT2D eigenvalue weighted by Gasteiger charge is 1.22. The van der Waals surface area contributed by atoms with Gasteiger partial charge in [0.15, 0.2) is 34.7 Å². The van der Waals surface area contributed by atoms with Gasteiger partial charge in [-0.25, -0.2) is 0 Å². The molecule has 0 aliphatic carbocycles. The Balaban J connectivity index is -0.0000000200. The number of hydrogen-bond donors (Lipinski definition) is 1. The zero-order chi connectivity index (χ0) is 2.71. The molecule has 0 radical (unpaired) electrons. The van der Waals surface area contributed by atoms with E-state index in [1.165, 1.54) is 0 Å². The van der Waals surface area contributed by atoms with E-state index in [-0.39, 0.29) is 41.2 Å². The van der Waals surface area contributed by atoms with Gasteiger partial charge in [0.05, 0.1) is 0 Å². The Labute approximate surface area is 51.4 Å². The molecule has 5 heavy (non-hydrogen) atoms. The van der Waals surface area contributed by atoms with Crippen molar-refractivity contribution in [2.24, 2.45) is 0 Å². The van der Waals surface area contributed by atoms with Gasteiger partial charge in [-0.05, 0) is 0 Å². The Morgan fingerprint density at radius 1 is 1.40 bits per heavy atom. The molecular weight excluding hydrogens is 98.0 g/mol. The molecule has 0 atom stereocenters. The predicted molar refractivity (Wildman–Crippen MR) is 28.6 cm³/mol. The molecule has 0 unspecified atom stereocenters. The van der Waals surface area contributed by atoms with Crippen molar-refractivity contribution in [3.05, 3.63) is 0 Å². The van der Waals surface area contributed by atoms with E-state index in [2.05, 4.69) is 0 Å². The second-order valence-electron chi connectivity index (χ2n) is 0.105. The molecule has 0 saturated carbocycles. The molecule has 0 aromatic rings. The molecule has 1 N–H and O–H groups in total. The summed E-state index contributed by atoms with van der Waals surface area (Å²) in [5.74, 6) is 0. The van der Waals surface area contributed by atoms with Crippen LogP contribution in [0.25, 0.3) is 0 Å². The van der Waals surface area contributed by atoms with Gasteiger partial charge in [0, 0.05) is 0 Å². The zero-order valence-electron chi connectivity index (χ0n) is 1.43. The van der Waals surface area contributed by atoms with Crippen LogP contribution < -0.4 is 0 Å². The van der Waals surface area contributed by atoms with Crippen LogP contribution in [0, 0.1) is 0 Å². The van der Waals surface area contributed by atoms with Crippen molar-refractivity contribution >= 4 is 41.2 Å². The normalized spacial score (nSPS) is 2.40. The summed E-state index contributed by atoms with van der Waals surface area (Å²) in [6, 6.07) is 0. The van der Waals surface area contributed by atoms with E-state index in [4.69, 9.17) is 9.90 Å². The highest BCUT2D eigenvalue weighted by Crippen LogP contribution is 0.966. The van der Waals surface area contributed by atoms with Crippen molar-refractivity contribution in [2.45, 2.75) is 0 Å². The molecule has 0 aliphatic heterocycles. The van der Waals surface area contributed by atoms with Crippen LogP contribution in [-0.2, 0) is 4.79 Å². The third-order valence-corrected chi connectivity index (χ3v) is 0. The molecule has 0 aromatic heterocycles. The minimum atomic E-state index is -0.250. The van der Waals surface area contributed by atoms with Crippen LogP contribution in [0.4, 0.5) is 0 Å². The van der Waals surface area contributed by atoms with E-state index in [1.54, 1.807) is 0 Å². The van der Waals surface area contributed by atoms with Crippen LogP contribution in [0.2, 0.25) is 0 Å². The molecule has 0 fully saturated rings. The summed E-state index contributed by atoms with van der Waals surface area (Å²) in [5, 5.41) is 6.89. The van der Waals surface area contributed by atoms with Gasteiger partial charge in [0.2, 0.25) is 0 Å². The van der Waals surface area contributed by atoms with Crippen molar-refractivity contribution < 1.29 is 9.90 Å². The summed E-state index contributed by atoms with van der Waals surface area (Å²) in [5.41, 5.74) is 0. The Hall–Kier alpha value is 0.535. The van der Waals surface area contributed by atoms with Crippen molar-refractivity contribution in [2.75, 3.05) is 0 Å². The first-order chi connectivity index (χ1) is 1.41. The monoisotopic (exact) mass is 106 g/mol. The summed E-state index contributed by atoms with van der Waals surface area (Å²) in [7, 11) is 0. The van der Waals surface area contributed by atoms with E-state index in [1.807, 2.05) is 0 Å². The molecular formula is CH8Al2O2. The molecule has 30 valence electrons. The number of carboxylic acid groups (broad SMARTS) is 1. The van der Waals surface area contributed by atoms with E-state index in [9.17, 15) is 0 Å². The van der Waals surface area contributed by atoms with Crippen LogP contribution in [0.1, 0.15) is 0 Å². The van der Waals surface area contributed by atoms with Crippen LogP contribution in [0.3, 0.4) is 0 Å². The van der Waals surface area contributed by atoms with Gasteiger partial charge in [0.25, 0.3) is 6.47 Å². The number of hydrogen-bond acceptors (Lipinski definition) is 1. The van der Waals surface area contributed by atoms with Gasteiger partial charge in [0.1, 0.15) is 0 Å². The number of carbonyl (C=O) groups is 1. The van der Waals surface area contributed by atoms with Gasteiger partial charge < -0.3 is 5.11 Å². The maximum atomic E-state index is 8.36. The Bertz CT molecular complexity index is 15.1. The molecule has 0 aliphatic rings. The highest BCUT2D eigenvalue weighted by atomic mass is 27.0. The molecule has 0 saturated heterocycles. The first-order valence-corrected chi connectivity index (χ1v) is 0.494. The topological polar surface area (TPSA) is 37.3 Å². The smallest absolute Gasteiger partial charge is 0.290 e. The van der Waals surface area contributed by atoms with E-state index >= 15 is 0 Å². The second-order valence-corrected chi connectivity index (χ2v) is 0.105. The molecule has 0 spiro atoms. The summed E-state index contributed by atoms with van der Waals surface area (Å²) in [6.45, 7) is -0.250. The van der Waals surface area contributed by atoms with Gasteiger partial charge in [-0.1, -0.05) is 0 Å². The number of rotatable bonds is 0. The molecule has 0 rings (SSSR count). The fourth-order valence-corrected chi connectivity index (χ4v) is 0. The van der Waals surface area contributed by atoms with Gasteiger partial charge in [-0.2, -0.15) is 0 Å². The first kappa shape index (κ1) is 17.7. The minimum absolute atomic E-state index is 0. The second kappa shape index (κ2) is 24.1. The lowest BCUT2D eigenvalue weighted by Gasteiger charge is -1.34. The third-order valence-electron chi connectivity index (χ3n) is 0. The summed E-state index contributed by atoms with van der Waals surface area (Å²) in [6.07, 6.45) is 0. The summed E-state index contributed by atoms with van der Waals surface area (Å²) in [4.78, 5) is 8.36. The average molecular weight is 106 g/mol. The minimum Gasteiger partial charge on any atom is -0.483 e. The van der Waals surface area contributed by atoms with Crippen molar-refractivity contribution in [3.63, 3.8) is 0 Å². The average Bonchev–Trinajstić information content (AvgIpc) is 0.918. The maximum absolute atomic E-state index is 8.36. The standard InChI is InChI=1S/CH2O2.2Al.6H/c2-1-3;;;;;;;;/h1H,(H,2,3);;;;;;;;. The fraction of sp³-hybridized carbons (Fsp3) is 0. The SMILES string of the molecule is O=CO.[AlH3].[AlH3]. The third kappa shape index (κ3) is 102. The van der Waals surface area contributed by atoms with Crippen molar-refractivity contribution in [3.8, 4) is 0 Å². The Kier molecular flexibility index (Phi) is 85.2. The molecule has 0 aromatic carbocycles. The van der Waals surface area contributed by atoms with Crippen LogP contribution in [0.5, 0.6) is 0 Å². The lowest BCUT2D eigenvalue weighted by molar-refractivity contribution is -0.122. The van der Waals surface area contributed by atoms with Gasteiger partial charge in [-0.3, -0.25) is 4.79 Å².